The zero-order valence-corrected chi connectivity index (χ0v) is 13.0. The van der Waals surface area contributed by atoms with Crippen molar-refractivity contribution in [3.05, 3.63) is 50.3 Å². The second kappa shape index (κ2) is 5.44. The molecular weight excluding hydrogens is 282 g/mol. The number of fused-ring (bicyclic) bond motifs is 1. The number of rotatable bonds is 3. The first-order chi connectivity index (χ1) is 10.5. The van der Waals surface area contributed by atoms with Crippen molar-refractivity contribution in [2.24, 2.45) is 0 Å². The Bertz CT molecular complexity index is 769. The van der Waals surface area contributed by atoms with E-state index in [0.717, 1.165) is 41.8 Å². The Morgan fingerprint density at radius 3 is 2.86 bits per heavy atom. The lowest BCUT2D eigenvalue weighted by Crippen LogP contribution is -2.32. The number of hydrogen-bond donors (Lipinski definition) is 1. The first kappa shape index (κ1) is 14.6. The summed E-state index contributed by atoms with van der Waals surface area (Å²) in [7, 11) is 1.68. The van der Waals surface area contributed by atoms with Crippen LogP contribution in [0.5, 0.6) is 0 Å². The molecule has 1 amide bonds. The van der Waals surface area contributed by atoms with Gasteiger partial charge in [0.25, 0.3) is 11.5 Å². The minimum atomic E-state index is -0.309. The van der Waals surface area contributed by atoms with Gasteiger partial charge in [0.2, 0.25) is 0 Å². The Labute approximate surface area is 128 Å². The highest BCUT2D eigenvalue weighted by molar-refractivity contribution is 5.93. The van der Waals surface area contributed by atoms with E-state index in [0.29, 0.717) is 12.3 Å². The van der Waals surface area contributed by atoms with Crippen LogP contribution in [0.15, 0.2) is 15.4 Å². The van der Waals surface area contributed by atoms with Crippen molar-refractivity contribution >= 4 is 5.91 Å². The first-order valence-corrected chi connectivity index (χ1v) is 7.39. The Balaban J connectivity index is 1.86. The number of carbonyl (C=O) groups is 1. The maximum absolute atomic E-state index is 12.6. The molecule has 0 unspecified atom stereocenters. The number of aromatic nitrogens is 2. The van der Waals surface area contributed by atoms with E-state index in [1.807, 2.05) is 13.8 Å². The summed E-state index contributed by atoms with van der Waals surface area (Å²) < 4.78 is 5.11. The van der Waals surface area contributed by atoms with Crippen molar-refractivity contribution < 1.29 is 9.32 Å². The second-order valence-corrected chi connectivity index (χ2v) is 5.83. The number of nitrogens with one attached hydrogen (secondary N) is 1. The Morgan fingerprint density at radius 2 is 2.18 bits per heavy atom. The molecule has 116 valence electrons. The largest absolute Gasteiger partial charge is 0.361 e. The molecule has 6 heteroatoms. The van der Waals surface area contributed by atoms with Crippen molar-refractivity contribution in [2.75, 3.05) is 7.05 Å². The molecule has 2 aromatic heterocycles. The fourth-order valence-corrected chi connectivity index (χ4v) is 2.91. The van der Waals surface area contributed by atoms with Gasteiger partial charge in [0.15, 0.2) is 0 Å². The van der Waals surface area contributed by atoms with Crippen LogP contribution < -0.4 is 5.56 Å². The summed E-state index contributed by atoms with van der Waals surface area (Å²) in [6.07, 6.45) is 2.83. The fourth-order valence-electron chi connectivity index (χ4n) is 2.91. The van der Waals surface area contributed by atoms with Crippen LogP contribution in [-0.2, 0) is 19.4 Å². The maximum atomic E-state index is 12.6. The first-order valence-electron chi connectivity index (χ1n) is 7.39. The third kappa shape index (κ3) is 2.45. The second-order valence-electron chi connectivity index (χ2n) is 5.83. The van der Waals surface area contributed by atoms with Crippen LogP contribution >= 0.6 is 0 Å². The van der Waals surface area contributed by atoms with Crippen LogP contribution in [-0.4, -0.2) is 28.0 Å². The minimum absolute atomic E-state index is 0.204. The predicted molar refractivity (Wildman–Crippen MR) is 80.9 cm³/mol. The van der Waals surface area contributed by atoms with Gasteiger partial charge in [-0.05, 0) is 44.7 Å². The molecular formula is C16H19N3O3. The molecule has 0 aliphatic heterocycles. The quantitative estimate of drug-likeness (QED) is 0.936. The molecule has 0 atom stereocenters. The zero-order chi connectivity index (χ0) is 15.9. The van der Waals surface area contributed by atoms with Gasteiger partial charge in [-0.1, -0.05) is 5.16 Å². The number of pyridine rings is 1. The summed E-state index contributed by atoms with van der Waals surface area (Å²) in [6.45, 7) is 4.03. The van der Waals surface area contributed by atoms with Crippen LogP contribution in [0.25, 0.3) is 0 Å². The molecule has 0 fully saturated rings. The number of carbonyl (C=O) groups excluding carboxylic acids is 1. The topological polar surface area (TPSA) is 79.2 Å². The lowest BCUT2D eigenvalue weighted by Gasteiger charge is -2.17. The average molecular weight is 301 g/mol. The SMILES string of the molecule is Cc1noc(C)c1CN(C)C(=O)c1cc2c([nH]c1=O)CCC2. The standard InChI is InChI=1S/C16H19N3O3/c1-9-13(10(2)22-18-9)8-19(3)16(21)12-7-11-5-4-6-14(11)17-15(12)20/h7H,4-6,8H2,1-3H3,(H,17,20). The molecule has 1 aliphatic rings. The minimum Gasteiger partial charge on any atom is -0.361 e. The van der Waals surface area contributed by atoms with Gasteiger partial charge in [0.05, 0.1) is 12.2 Å². The molecule has 6 nitrogen and oxygen atoms in total. The molecule has 2 heterocycles. The summed E-state index contributed by atoms with van der Waals surface area (Å²) >= 11 is 0. The van der Waals surface area contributed by atoms with Crippen molar-refractivity contribution in [1.82, 2.24) is 15.0 Å². The highest BCUT2D eigenvalue weighted by Crippen LogP contribution is 2.20. The summed E-state index contributed by atoms with van der Waals surface area (Å²) in [6, 6.07) is 1.74. The molecule has 0 aromatic carbocycles. The normalized spacial score (nSPS) is 13.2. The maximum Gasteiger partial charge on any atom is 0.261 e. The smallest absolute Gasteiger partial charge is 0.261 e. The van der Waals surface area contributed by atoms with Crippen LogP contribution in [0.1, 0.15) is 45.1 Å². The summed E-state index contributed by atoms with van der Waals surface area (Å²) in [5.41, 5.74) is 3.59. The van der Waals surface area contributed by atoms with Crippen molar-refractivity contribution in [3.8, 4) is 0 Å². The predicted octanol–water partition coefficient (Wildman–Crippen LogP) is 1.74. The lowest BCUT2D eigenvalue weighted by molar-refractivity contribution is 0.0782. The number of aryl methyl sites for hydroxylation is 4. The van der Waals surface area contributed by atoms with Crippen LogP contribution in [0.4, 0.5) is 0 Å². The third-order valence-corrected chi connectivity index (χ3v) is 4.24. The van der Waals surface area contributed by atoms with Gasteiger partial charge in [-0.25, -0.2) is 0 Å². The van der Waals surface area contributed by atoms with Gasteiger partial charge in [0, 0.05) is 18.3 Å². The van der Waals surface area contributed by atoms with Gasteiger partial charge < -0.3 is 14.4 Å². The highest BCUT2D eigenvalue weighted by atomic mass is 16.5. The van der Waals surface area contributed by atoms with E-state index < -0.39 is 0 Å². The number of nitrogens with zero attached hydrogens (tertiary/aromatic N) is 2. The van der Waals surface area contributed by atoms with Crippen LogP contribution in [0, 0.1) is 13.8 Å². The molecule has 0 spiro atoms. The number of hydrogen-bond acceptors (Lipinski definition) is 4. The number of aromatic amines is 1. The monoisotopic (exact) mass is 301 g/mol. The molecule has 1 aliphatic carbocycles. The molecule has 0 radical (unpaired) electrons. The molecule has 0 bridgehead atoms. The fraction of sp³-hybridized carbons (Fsp3) is 0.438. The molecule has 2 aromatic rings. The Kier molecular flexibility index (Phi) is 3.60. The third-order valence-electron chi connectivity index (χ3n) is 4.24. The summed E-state index contributed by atoms with van der Waals surface area (Å²) in [4.78, 5) is 29.1. The van der Waals surface area contributed by atoms with Crippen LogP contribution in [0.3, 0.4) is 0 Å². The van der Waals surface area contributed by atoms with Gasteiger partial charge in [-0.15, -0.1) is 0 Å². The number of H-pyrrole nitrogens is 1. The van der Waals surface area contributed by atoms with Gasteiger partial charge in [0.1, 0.15) is 11.3 Å². The van der Waals surface area contributed by atoms with E-state index in [1.54, 1.807) is 13.1 Å². The lowest BCUT2D eigenvalue weighted by atomic mass is 10.1. The molecule has 3 rings (SSSR count). The van der Waals surface area contributed by atoms with E-state index in [4.69, 9.17) is 4.52 Å². The van der Waals surface area contributed by atoms with E-state index >= 15 is 0 Å². The van der Waals surface area contributed by atoms with Gasteiger partial charge in [-0.3, -0.25) is 9.59 Å². The Morgan fingerprint density at radius 1 is 1.41 bits per heavy atom. The molecule has 22 heavy (non-hydrogen) atoms. The van der Waals surface area contributed by atoms with Crippen molar-refractivity contribution in [3.63, 3.8) is 0 Å². The van der Waals surface area contributed by atoms with Crippen molar-refractivity contribution in [1.29, 1.82) is 0 Å². The van der Waals surface area contributed by atoms with E-state index in [9.17, 15) is 9.59 Å². The van der Waals surface area contributed by atoms with E-state index in [1.165, 1.54) is 4.90 Å². The molecule has 1 N–H and O–H groups in total. The van der Waals surface area contributed by atoms with Gasteiger partial charge in [-0.2, -0.15) is 0 Å². The highest BCUT2D eigenvalue weighted by Gasteiger charge is 2.22. The molecule has 0 saturated heterocycles. The Hall–Kier alpha value is -2.37. The van der Waals surface area contributed by atoms with E-state index in [-0.39, 0.29) is 17.0 Å². The average Bonchev–Trinajstić information content (AvgIpc) is 3.06. The zero-order valence-electron chi connectivity index (χ0n) is 13.0. The van der Waals surface area contributed by atoms with Gasteiger partial charge >= 0.3 is 0 Å². The van der Waals surface area contributed by atoms with Crippen molar-refractivity contribution in [2.45, 2.75) is 39.7 Å². The molecule has 0 saturated carbocycles. The number of amides is 1. The van der Waals surface area contributed by atoms with E-state index in [2.05, 4.69) is 10.1 Å². The summed E-state index contributed by atoms with van der Waals surface area (Å²) in [5, 5.41) is 3.89. The van der Waals surface area contributed by atoms with Crippen LogP contribution in [0.2, 0.25) is 0 Å². The summed E-state index contributed by atoms with van der Waals surface area (Å²) in [5.74, 6) is 0.413.